The second-order valence-electron chi connectivity index (χ2n) is 6.09. The summed E-state index contributed by atoms with van der Waals surface area (Å²) in [6.45, 7) is 10.3. The largest absolute Gasteiger partial charge is 0.497 e. The number of nitrogens with one attached hydrogen (secondary N) is 1. The van der Waals surface area contributed by atoms with Gasteiger partial charge in [-0.2, -0.15) is 0 Å². The van der Waals surface area contributed by atoms with E-state index >= 15 is 0 Å². The van der Waals surface area contributed by atoms with Crippen molar-refractivity contribution < 1.29 is 4.74 Å². The Morgan fingerprint density at radius 2 is 2.05 bits per heavy atom. The lowest BCUT2D eigenvalue weighted by Crippen LogP contribution is -2.50. The summed E-state index contributed by atoms with van der Waals surface area (Å²) >= 11 is 0. The summed E-state index contributed by atoms with van der Waals surface area (Å²) < 4.78 is 5.35. The minimum absolute atomic E-state index is 0.517. The number of ether oxygens (including phenoxy) is 1. The molecule has 21 heavy (non-hydrogen) atoms. The zero-order valence-corrected chi connectivity index (χ0v) is 13.3. The molecule has 1 saturated heterocycles. The van der Waals surface area contributed by atoms with E-state index in [0.717, 1.165) is 18.8 Å². The minimum Gasteiger partial charge on any atom is -0.497 e. The lowest BCUT2D eigenvalue weighted by atomic mass is 9.94. The zero-order valence-electron chi connectivity index (χ0n) is 13.3. The summed E-state index contributed by atoms with van der Waals surface area (Å²) in [5.74, 6) is 0.962. The molecule has 1 aromatic carbocycles. The van der Waals surface area contributed by atoms with E-state index in [-0.39, 0.29) is 0 Å². The van der Waals surface area contributed by atoms with Crippen LogP contribution in [0.2, 0.25) is 0 Å². The van der Waals surface area contributed by atoms with E-state index in [1.807, 2.05) is 0 Å². The maximum atomic E-state index is 5.35. The molecule has 0 radical (unpaired) electrons. The Morgan fingerprint density at radius 1 is 1.24 bits per heavy atom. The molecular weight excluding hydrogens is 262 g/mol. The first kappa shape index (κ1) is 14.8. The Labute approximate surface area is 128 Å². The Bertz CT molecular complexity index is 469. The molecule has 2 aliphatic heterocycles. The maximum absolute atomic E-state index is 5.35. The van der Waals surface area contributed by atoms with Crippen molar-refractivity contribution in [3.63, 3.8) is 0 Å². The molecule has 0 saturated carbocycles. The fourth-order valence-corrected chi connectivity index (χ4v) is 3.58. The first-order valence-electron chi connectivity index (χ1n) is 8.15. The van der Waals surface area contributed by atoms with E-state index in [0.29, 0.717) is 6.04 Å². The van der Waals surface area contributed by atoms with Crippen molar-refractivity contribution in [2.75, 3.05) is 46.4 Å². The van der Waals surface area contributed by atoms with E-state index in [2.05, 4.69) is 40.2 Å². The third kappa shape index (κ3) is 3.23. The third-order valence-electron chi connectivity index (χ3n) is 4.75. The maximum Gasteiger partial charge on any atom is 0.119 e. The van der Waals surface area contributed by atoms with Crippen molar-refractivity contribution in [2.24, 2.45) is 0 Å². The van der Waals surface area contributed by atoms with Crippen molar-refractivity contribution in [2.45, 2.75) is 25.9 Å². The van der Waals surface area contributed by atoms with Gasteiger partial charge in [0.2, 0.25) is 0 Å². The predicted molar refractivity (Wildman–Crippen MR) is 85.7 cm³/mol. The third-order valence-corrected chi connectivity index (χ3v) is 4.75. The van der Waals surface area contributed by atoms with Gasteiger partial charge in [-0.05, 0) is 36.2 Å². The average Bonchev–Trinajstić information content (AvgIpc) is 2.55. The van der Waals surface area contributed by atoms with Gasteiger partial charge in [-0.1, -0.05) is 13.0 Å². The van der Waals surface area contributed by atoms with Crippen molar-refractivity contribution >= 4 is 0 Å². The van der Waals surface area contributed by atoms with Crippen LogP contribution in [-0.4, -0.2) is 56.2 Å². The van der Waals surface area contributed by atoms with E-state index in [9.17, 15) is 0 Å². The second kappa shape index (κ2) is 6.77. The normalized spacial score (nSPS) is 23.8. The number of methoxy groups -OCH3 is 1. The average molecular weight is 289 g/mol. The molecular formula is C17H27N3O. The molecule has 0 amide bonds. The Kier molecular flexibility index (Phi) is 4.78. The molecule has 0 bridgehead atoms. The molecule has 3 rings (SSSR count). The van der Waals surface area contributed by atoms with Gasteiger partial charge >= 0.3 is 0 Å². The van der Waals surface area contributed by atoms with Gasteiger partial charge in [0.1, 0.15) is 5.75 Å². The number of rotatable bonds is 4. The molecule has 1 atom stereocenters. The lowest BCUT2D eigenvalue weighted by molar-refractivity contribution is 0.0918. The van der Waals surface area contributed by atoms with Crippen molar-refractivity contribution in [1.82, 2.24) is 15.1 Å². The Hall–Kier alpha value is -1.10. The van der Waals surface area contributed by atoms with Gasteiger partial charge in [-0.3, -0.25) is 4.90 Å². The van der Waals surface area contributed by atoms with E-state index in [1.165, 1.54) is 50.3 Å². The van der Waals surface area contributed by atoms with Crippen LogP contribution < -0.4 is 10.1 Å². The number of nitrogens with zero attached hydrogens (tertiary/aromatic N) is 2. The monoisotopic (exact) mass is 289 g/mol. The van der Waals surface area contributed by atoms with Crippen molar-refractivity contribution in [3.05, 3.63) is 29.3 Å². The molecule has 1 aromatic rings. The zero-order chi connectivity index (χ0) is 14.7. The van der Waals surface area contributed by atoms with Gasteiger partial charge in [0.25, 0.3) is 0 Å². The van der Waals surface area contributed by atoms with Gasteiger partial charge < -0.3 is 15.0 Å². The number of hydrogen-bond donors (Lipinski definition) is 1. The van der Waals surface area contributed by atoms with Crippen molar-refractivity contribution in [3.8, 4) is 5.75 Å². The first-order chi connectivity index (χ1) is 10.3. The number of benzene rings is 1. The van der Waals surface area contributed by atoms with Crippen LogP contribution in [0.3, 0.4) is 0 Å². The summed E-state index contributed by atoms with van der Waals surface area (Å²) in [5.41, 5.74) is 2.88. The number of hydrogen-bond acceptors (Lipinski definition) is 4. The standard InChI is InChI=1S/C17H27N3O/c1-3-6-19-7-9-20(10-8-19)17-13-18-12-14-11-15(21-2)4-5-16(14)17/h4-5,11,17-18H,3,6-10,12-13H2,1-2H3/t17-/m1/s1. The van der Waals surface area contributed by atoms with Gasteiger partial charge in [-0.25, -0.2) is 0 Å². The molecule has 4 heteroatoms. The Balaban J connectivity index is 1.71. The topological polar surface area (TPSA) is 27.7 Å². The predicted octanol–water partition coefficient (Wildman–Crippen LogP) is 1.87. The molecule has 1 N–H and O–H groups in total. The highest BCUT2D eigenvalue weighted by Crippen LogP contribution is 2.30. The second-order valence-corrected chi connectivity index (χ2v) is 6.09. The molecule has 0 spiro atoms. The number of piperazine rings is 1. The molecule has 1 fully saturated rings. The SMILES string of the molecule is CCCN1CCN([C@@H]2CNCc3cc(OC)ccc32)CC1. The van der Waals surface area contributed by atoms with E-state index in [1.54, 1.807) is 7.11 Å². The van der Waals surface area contributed by atoms with Crippen LogP contribution in [0.15, 0.2) is 18.2 Å². The van der Waals surface area contributed by atoms with Gasteiger partial charge in [0.05, 0.1) is 7.11 Å². The molecule has 0 unspecified atom stereocenters. The van der Waals surface area contributed by atoms with Crippen LogP contribution in [0.1, 0.15) is 30.5 Å². The smallest absolute Gasteiger partial charge is 0.119 e. The summed E-state index contributed by atoms with van der Waals surface area (Å²) in [6, 6.07) is 7.06. The van der Waals surface area contributed by atoms with Crippen LogP contribution in [-0.2, 0) is 6.54 Å². The van der Waals surface area contributed by atoms with Crippen LogP contribution in [0.25, 0.3) is 0 Å². The summed E-state index contributed by atoms with van der Waals surface area (Å²) in [5, 5.41) is 3.57. The summed E-state index contributed by atoms with van der Waals surface area (Å²) in [6.07, 6.45) is 1.26. The Morgan fingerprint density at radius 3 is 2.76 bits per heavy atom. The van der Waals surface area contributed by atoms with E-state index in [4.69, 9.17) is 4.74 Å². The summed E-state index contributed by atoms with van der Waals surface area (Å²) in [4.78, 5) is 5.23. The minimum atomic E-state index is 0.517. The highest BCUT2D eigenvalue weighted by atomic mass is 16.5. The van der Waals surface area contributed by atoms with Crippen molar-refractivity contribution in [1.29, 1.82) is 0 Å². The van der Waals surface area contributed by atoms with Crippen LogP contribution in [0, 0.1) is 0 Å². The fraction of sp³-hybridized carbons (Fsp3) is 0.647. The van der Waals surface area contributed by atoms with Crippen LogP contribution >= 0.6 is 0 Å². The molecule has 4 nitrogen and oxygen atoms in total. The first-order valence-corrected chi connectivity index (χ1v) is 8.15. The number of fused-ring (bicyclic) bond motifs is 1. The molecule has 0 aromatic heterocycles. The summed E-state index contributed by atoms with van der Waals surface area (Å²) in [7, 11) is 1.74. The molecule has 116 valence electrons. The molecule has 0 aliphatic carbocycles. The lowest BCUT2D eigenvalue weighted by Gasteiger charge is -2.41. The molecule has 2 aliphatic rings. The van der Waals surface area contributed by atoms with Crippen LogP contribution in [0.5, 0.6) is 5.75 Å². The van der Waals surface area contributed by atoms with E-state index < -0.39 is 0 Å². The van der Waals surface area contributed by atoms with Gasteiger partial charge in [-0.15, -0.1) is 0 Å². The molecule has 2 heterocycles. The highest BCUT2D eigenvalue weighted by Gasteiger charge is 2.28. The van der Waals surface area contributed by atoms with Gasteiger partial charge in [0.15, 0.2) is 0 Å². The van der Waals surface area contributed by atoms with Crippen LogP contribution in [0.4, 0.5) is 0 Å². The quantitative estimate of drug-likeness (QED) is 0.916. The fourth-order valence-electron chi connectivity index (χ4n) is 3.58. The highest BCUT2D eigenvalue weighted by molar-refractivity contribution is 5.39. The van der Waals surface area contributed by atoms with Gasteiger partial charge in [0, 0.05) is 45.3 Å².